The molecule has 4 amide bonds. The van der Waals surface area contributed by atoms with Crippen molar-refractivity contribution in [2.75, 3.05) is 19.8 Å². The minimum absolute atomic E-state index is 0.0175. The largest absolute Gasteiger partial charge is 0.465 e. The van der Waals surface area contributed by atoms with Crippen LogP contribution in [0.5, 0.6) is 0 Å². The van der Waals surface area contributed by atoms with E-state index in [-0.39, 0.29) is 43.9 Å². The summed E-state index contributed by atoms with van der Waals surface area (Å²) in [4.78, 5) is 80.4. The molecule has 0 aromatic rings. The first-order valence-electron chi connectivity index (χ1n) is 17.7. The lowest BCUT2D eigenvalue weighted by molar-refractivity contribution is -0.143. The van der Waals surface area contributed by atoms with Crippen LogP contribution < -0.4 is 38.1 Å². The lowest BCUT2D eigenvalue weighted by Crippen LogP contribution is -2.55. The number of carbonyl (C=O) groups is 6. The molecule has 10 N–H and O–H groups in total. The Labute approximate surface area is 300 Å². The number of aliphatic hydroxyl groups is 1. The van der Waals surface area contributed by atoms with Gasteiger partial charge < -0.3 is 47.3 Å². The number of guanidine groups is 1. The van der Waals surface area contributed by atoms with Gasteiger partial charge in [0.1, 0.15) is 24.2 Å². The van der Waals surface area contributed by atoms with Crippen LogP contribution >= 0.6 is 0 Å². The first kappa shape index (κ1) is 44.8. The quantitative estimate of drug-likeness (QED) is 0.0153. The van der Waals surface area contributed by atoms with Gasteiger partial charge in [0.15, 0.2) is 5.96 Å². The fourth-order valence-electron chi connectivity index (χ4n) is 5.21. The van der Waals surface area contributed by atoms with Crippen molar-refractivity contribution in [1.82, 2.24) is 26.6 Å². The van der Waals surface area contributed by atoms with Crippen LogP contribution in [0.2, 0.25) is 0 Å². The highest BCUT2D eigenvalue weighted by atomic mass is 16.5. The molecule has 0 aromatic heterocycles. The smallest absolute Gasteiger partial charge is 0.330 e. The van der Waals surface area contributed by atoms with Gasteiger partial charge in [-0.2, -0.15) is 0 Å². The lowest BCUT2D eigenvalue weighted by Gasteiger charge is -2.29. The first-order valence-corrected chi connectivity index (χ1v) is 17.7. The number of nitrogens with one attached hydrogen (secondary N) is 5. The van der Waals surface area contributed by atoms with Gasteiger partial charge in [-0.15, -0.1) is 0 Å². The number of rotatable bonds is 24. The SMILES string of the molecule is CCOC(=O)/C=C/[C@H](CCCN=C(N)N)NC(=O)[C@H](CC)NC(=O)C[C@H](O)[C@H](CC(C)C)NC(=O)[C@H](CC(C)C)NC(=O)[C@@H]1N[C@H]1C(=O)OCC. The van der Waals surface area contributed by atoms with Crippen molar-refractivity contribution in [2.24, 2.45) is 28.3 Å². The number of ether oxygens (including phenoxy) is 2. The Hall–Kier alpha value is -4.25. The molecule has 290 valence electrons. The van der Waals surface area contributed by atoms with Crippen molar-refractivity contribution in [3.63, 3.8) is 0 Å². The summed E-state index contributed by atoms with van der Waals surface area (Å²) in [6.45, 7) is 13.3. The third-order valence-electron chi connectivity index (χ3n) is 7.76. The van der Waals surface area contributed by atoms with Gasteiger partial charge in [0, 0.05) is 18.7 Å². The van der Waals surface area contributed by atoms with Crippen LogP contribution in [0.1, 0.15) is 87.0 Å². The molecular weight excluding hydrogens is 664 g/mol. The molecule has 1 heterocycles. The summed E-state index contributed by atoms with van der Waals surface area (Å²) in [5, 5.41) is 24.9. The molecule has 17 nitrogen and oxygen atoms in total. The molecule has 17 heteroatoms. The molecule has 1 aliphatic heterocycles. The minimum Gasteiger partial charge on any atom is -0.465 e. The lowest BCUT2D eigenvalue weighted by atomic mass is 9.95. The van der Waals surface area contributed by atoms with Crippen LogP contribution in [-0.4, -0.2) is 109 Å². The number of carbonyl (C=O) groups excluding carboxylic acids is 6. The van der Waals surface area contributed by atoms with Gasteiger partial charge in [0.05, 0.1) is 31.8 Å². The van der Waals surface area contributed by atoms with Gasteiger partial charge in [-0.25, -0.2) is 4.79 Å². The standard InChI is InChI=1S/C34H60N8O9/c1-8-22(30(46)38-21(12-11-15-37-34(35)36)13-14-27(45)50-9-2)39-26(44)18-25(43)23(16-19(4)5)40-31(47)24(17-20(6)7)41-32(48)28-29(42-28)33(49)51-10-3/h13-14,19-25,28-29,42-43H,8-12,15-18H2,1-7H3,(H,38,46)(H,39,44)(H,40,47)(H,41,48)(H4,35,36,37)/b14-13+/t21-,22-,23-,24-,25-,28+,29+/m0/s1. The number of hydrogen-bond donors (Lipinski definition) is 8. The molecule has 0 radical (unpaired) electrons. The maximum Gasteiger partial charge on any atom is 0.330 e. The molecule has 0 aromatic carbocycles. The van der Waals surface area contributed by atoms with Gasteiger partial charge >= 0.3 is 11.9 Å². The highest BCUT2D eigenvalue weighted by molar-refractivity contribution is 5.97. The van der Waals surface area contributed by atoms with E-state index >= 15 is 0 Å². The van der Waals surface area contributed by atoms with Gasteiger partial charge in [0.2, 0.25) is 23.6 Å². The molecule has 0 bridgehead atoms. The van der Waals surface area contributed by atoms with Crippen LogP contribution in [0.4, 0.5) is 0 Å². The number of hydrogen-bond acceptors (Lipinski definition) is 11. The maximum absolute atomic E-state index is 13.5. The Morgan fingerprint density at radius 2 is 1.47 bits per heavy atom. The van der Waals surface area contributed by atoms with E-state index < -0.39 is 84.3 Å². The summed E-state index contributed by atoms with van der Waals surface area (Å²) >= 11 is 0. The molecule has 0 spiro atoms. The molecule has 1 fully saturated rings. The van der Waals surface area contributed by atoms with Crippen LogP contribution in [-0.2, 0) is 38.2 Å². The first-order chi connectivity index (χ1) is 24.0. The normalized spacial score (nSPS) is 18.2. The number of aliphatic imine (C=N–C) groups is 1. The minimum atomic E-state index is -1.32. The monoisotopic (exact) mass is 724 g/mol. The van der Waals surface area contributed by atoms with Gasteiger partial charge in [-0.3, -0.25) is 34.3 Å². The van der Waals surface area contributed by atoms with Crippen molar-refractivity contribution in [1.29, 1.82) is 0 Å². The number of amides is 4. The highest BCUT2D eigenvalue weighted by Crippen LogP contribution is 2.16. The van der Waals surface area contributed by atoms with E-state index in [1.165, 1.54) is 12.2 Å². The second-order valence-corrected chi connectivity index (χ2v) is 13.3. The summed E-state index contributed by atoms with van der Waals surface area (Å²) in [5.41, 5.74) is 10.8. The van der Waals surface area contributed by atoms with Crippen molar-refractivity contribution >= 4 is 41.5 Å². The van der Waals surface area contributed by atoms with E-state index in [1.54, 1.807) is 20.8 Å². The summed E-state index contributed by atoms with van der Waals surface area (Å²) in [6.07, 6.45) is 2.70. The molecule has 51 heavy (non-hydrogen) atoms. The van der Waals surface area contributed by atoms with E-state index in [0.717, 1.165) is 0 Å². The third-order valence-corrected chi connectivity index (χ3v) is 7.76. The summed E-state index contributed by atoms with van der Waals surface area (Å²) < 4.78 is 9.87. The van der Waals surface area contributed by atoms with Crippen molar-refractivity contribution < 1.29 is 43.3 Å². The molecule has 1 rings (SSSR count). The van der Waals surface area contributed by atoms with Gasteiger partial charge in [-0.05, 0) is 57.8 Å². The Morgan fingerprint density at radius 3 is 2.04 bits per heavy atom. The van der Waals surface area contributed by atoms with Gasteiger partial charge in [0.25, 0.3) is 0 Å². The average Bonchev–Trinajstić information content (AvgIpc) is 3.85. The molecular formula is C34H60N8O9. The van der Waals surface area contributed by atoms with E-state index in [4.69, 9.17) is 20.9 Å². The number of nitrogens with two attached hydrogens (primary N) is 2. The summed E-state index contributed by atoms with van der Waals surface area (Å²) in [5.74, 6) is -3.33. The predicted octanol–water partition coefficient (Wildman–Crippen LogP) is -0.745. The Kier molecular flexibility index (Phi) is 20.4. The van der Waals surface area contributed by atoms with E-state index in [0.29, 0.717) is 25.8 Å². The van der Waals surface area contributed by atoms with Crippen molar-refractivity contribution in [3.8, 4) is 0 Å². The topological polar surface area (TPSA) is 276 Å². The van der Waals surface area contributed by atoms with Crippen molar-refractivity contribution in [2.45, 2.75) is 129 Å². The fourth-order valence-corrected chi connectivity index (χ4v) is 5.21. The predicted molar refractivity (Wildman–Crippen MR) is 191 cm³/mol. The number of aliphatic hydroxyl groups excluding tert-OH is 1. The summed E-state index contributed by atoms with van der Waals surface area (Å²) in [6, 6.07) is -4.96. The van der Waals surface area contributed by atoms with Crippen molar-refractivity contribution in [3.05, 3.63) is 12.2 Å². The van der Waals surface area contributed by atoms with E-state index in [1.807, 2.05) is 27.7 Å². The zero-order chi connectivity index (χ0) is 38.7. The van der Waals surface area contributed by atoms with E-state index in [2.05, 4.69) is 31.6 Å². The molecule has 7 atom stereocenters. The molecule has 0 aliphatic carbocycles. The molecule has 0 unspecified atom stereocenters. The molecule has 1 saturated heterocycles. The molecule has 0 saturated carbocycles. The van der Waals surface area contributed by atoms with E-state index in [9.17, 15) is 33.9 Å². The third kappa shape index (κ3) is 18.0. The second kappa shape index (κ2) is 23.3. The second-order valence-electron chi connectivity index (χ2n) is 13.3. The number of esters is 2. The maximum atomic E-state index is 13.5. The Balaban J connectivity index is 2.94. The van der Waals surface area contributed by atoms with Gasteiger partial charge in [-0.1, -0.05) is 40.7 Å². The van der Waals surface area contributed by atoms with Crippen LogP contribution in [0.25, 0.3) is 0 Å². The zero-order valence-electron chi connectivity index (χ0n) is 31.0. The Morgan fingerprint density at radius 1 is 0.843 bits per heavy atom. The average molecular weight is 725 g/mol. The summed E-state index contributed by atoms with van der Waals surface area (Å²) in [7, 11) is 0. The highest BCUT2D eigenvalue weighted by Gasteiger charge is 2.49. The Bertz CT molecular complexity index is 1220. The van der Waals surface area contributed by atoms with Crippen LogP contribution in [0.15, 0.2) is 17.1 Å². The molecule has 1 aliphatic rings. The fraction of sp³-hybridized carbons (Fsp3) is 0.735. The number of nitrogens with zero attached hydrogens (tertiary/aromatic N) is 1. The van der Waals surface area contributed by atoms with Crippen LogP contribution in [0.3, 0.4) is 0 Å². The zero-order valence-corrected chi connectivity index (χ0v) is 31.0. The van der Waals surface area contributed by atoms with Crippen LogP contribution in [0, 0.1) is 11.8 Å².